The highest BCUT2D eigenvalue weighted by Crippen LogP contribution is 2.35. The van der Waals surface area contributed by atoms with Crippen LogP contribution in [0.3, 0.4) is 0 Å². The van der Waals surface area contributed by atoms with Crippen molar-refractivity contribution in [3.63, 3.8) is 0 Å². The van der Waals surface area contributed by atoms with Crippen molar-refractivity contribution in [2.45, 2.75) is 52.6 Å². The van der Waals surface area contributed by atoms with Crippen molar-refractivity contribution in [3.05, 3.63) is 0 Å². The molecule has 0 bridgehead atoms. The second kappa shape index (κ2) is 8.62. The van der Waals surface area contributed by atoms with Gasteiger partial charge in [-0.1, -0.05) is 13.3 Å². The smallest absolute Gasteiger partial charge is 0.444 e. The number of unbranched alkanes of at least 4 members (excludes halogenated alkanes) is 1. The van der Waals surface area contributed by atoms with Crippen LogP contribution in [0, 0.1) is 0 Å². The van der Waals surface area contributed by atoms with Crippen LogP contribution in [-0.4, -0.2) is 46.1 Å². The van der Waals surface area contributed by atoms with Gasteiger partial charge in [-0.05, 0) is 33.6 Å². The minimum Gasteiger partial charge on any atom is -0.444 e. The summed E-state index contributed by atoms with van der Waals surface area (Å²) < 4.78 is 20.2. The van der Waals surface area contributed by atoms with E-state index in [1.165, 1.54) is 4.90 Å². The predicted octanol–water partition coefficient (Wildman–Crippen LogP) is 2.52. The summed E-state index contributed by atoms with van der Waals surface area (Å²) >= 11 is 0. The third kappa shape index (κ3) is 11.2. The highest BCUT2D eigenvalue weighted by atomic mass is 31.2. The molecule has 0 saturated carbocycles. The summed E-state index contributed by atoms with van der Waals surface area (Å²) in [7, 11) is -4.44. The summed E-state index contributed by atoms with van der Waals surface area (Å²) in [5.74, 6) is 0. The summed E-state index contributed by atoms with van der Waals surface area (Å²) in [5.41, 5.74) is -0.566. The van der Waals surface area contributed by atoms with Crippen LogP contribution in [0.5, 0.6) is 0 Å². The van der Waals surface area contributed by atoms with Gasteiger partial charge >= 0.3 is 13.9 Å². The van der Waals surface area contributed by atoms with E-state index < -0.39 is 19.5 Å². The Morgan fingerprint density at radius 2 is 1.75 bits per heavy atom. The van der Waals surface area contributed by atoms with Gasteiger partial charge in [0.25, 0.3) is 0 Å². The van der Waals surface area contributed by atoms with Gasteiger partial charge in [-0.3, -0.25) is 4.52 Å². The van der Waals surface area contributed by atoms with Crippen LogP contribution in [0.1, 0.15) is 47.0 Å². The molecule has 7 nitrogen and oxygen atoms in total. The lowest BCUT2D eigenvalue weighted by Gasteiger charge is -2.27. The second-order valence-corrected chi connectivity index (χ2v) is 6.74. The first-order valence-electron chi connectivity index (χ1n) is 6.73. The van der Waals surface area contributed by atoms with Crippen molar-refractivity contribution in [1.29, 1.82) is 0 Å². The molecule has 20 heavy (non-hydrogen) atoms. The maximum atomic E-state index is 12.0. The zero-order valence-electron chi connectivity index (χ0n) is 12.7. The fourth-order valence-corrected chi connectivity index (χ4v) is 1.78. The normalized spacial score (nSPS) is 12.3. The Morgan fingerprint density at radius 3 is 2.20 bits per heavy atom. The Balaban J connectivity index is 4.27. The monoisotopic (exact) mass is 311 g/mol. The number of ether oxygens (including phenoxy) is 1. The van der Waals surface area contributed by atoms with E-state index in [0.717, 1.165) is 12.8 Å². The molecule has 0 saturated heterocycles. The van der Waals surface area contributed by atoms with E-state index >= 15 is 0 Å². The molecule has 0 rings (SSSR count). The van der Waals surface area contributed by atoms with Crippen molar-refractivity contribution in [2.24, 2.45) is 0 Å². The highest BCUT2D eigenvalue weighted by Gasteiger charge is 2.22. The van der Waals surface area contributed by atoms with E-state index in [4.69, 9.17) is 14.5 Å². The van der Waals surface area contributed by atoms with Crippen molar-refractivity contribution in [1.82, 2.24) is 4.90 Å². The molecular weight excluding hydrogens is 285 g/mol. The first kappa shape index (κ1) is 19.4. The van der Waals surface area contributed by atoms with Gasteiger partial charge in [0.2, 0.25) is 0 Å². The van der Waals surface area contributed by atoms with Crippen LogP contribution in [0.15, 0.2) is 0 Å². The molecule has 0 fully saturated rings. The molecule has 0 spiro atoms. The zero-order chi connectivity index (χ0) is 15.8. The van der Waals surface area contributed by atoms with Gasteiger partial charge in [0.15, 0.2) is 0 Å². The molecule has 0 aliphatic carbocycles. The van der Waals surface area contributed by atoms with E-state index in [9.17, 15) is 9.36 Å². The number of phosphoric acid groups is 1. The predicted molar refractivity (Wildman–Crippen MR) is 75.3 cm³/mol. The number of phosphoric ester groups is 1. The number of carbonyl (C=O) groups excluding carboxylic acids is 1. The van der Waals surface area contributed by atoms with Gasteiger partial charge in [-0.2, -0.15) is 0 Å². The first-order chi connectivity index (χ1) is 9.05. The Kier molecular flexibility index (Phi) is 8.35. The Morgan fingerprint density at radius 1 is 1.20 bits per heavy atom. The van der Waals surface area contributed by atoms with Crippen molar-refractivity contribution in [2.75, 3.05) is 19.7 Å². The minimum atomic E-state index is -4.44. The molecule has 0 aromatic carbocycles. The van der Waals surface area contributed by atoms with E-state index in [1.54, 1.807) is 20.8 Å². The Labute approximate surface area is 120 Å². The van der Waals surface area contributed by atoms with Crippen molar-refractivity contribution in [3.8, 4) is 0 Å². The molecule has 0 aliphatic heterocycles. The van der Waals surface area contributed by atoms with E-state index in [1.807, 2.05) is 6.92 Å². The summed E-state index contributed by atoms with van der Waals surface area (Å²) in [6.45, 7) is 8.19. The minimum absolute atomic E-state index is 0.101. The number of hydrogen-bond acceptors (Lipinski definition) is 4. The van der Waals surface area contributed by atoms with Crippen LogP contribution >= 0.6 is 7.82 Å². The summed E-state index contributed by atoms with van der Waals surface area (Å²) in [6, 6.07) is 0. The largest absolute Gasteiger partial charge is 0.469 e. The topological polar surface area (TPSA) is 96.3 Å². The molecule has 0 atom stereocenters. The third-order valence-electron chi connectivity index (χ3n) is 2.27. The molecule has 0 aromatic rings. The Hall–Kier alpha value is -0.620. The number of amides is 1. The number of rotatable bonds is 8. The molecule has 120 valence electrons. The average molecular weight is 311 g/mol. The van der Waals surface area contributed by atoms with Gasteiger partial charge in [-0.25, -0.2) is 9.36 Å². The SMILES string of the molecule is CCCCN(CCCOP(=O)(O)O)C(=O)OC(C)(C)C. The highest BCUT2D eigenvalue weighted by molar-refractivity contribution is 7.46. The number of nitrogens with zero attached hydrogens (tertiary/aromatic N) is 1. The fraction of sp³-hybridized carbons (Fsp3) is 0.917. The van der Waals surface area contributed by atoms with Crippen LogP contribution in [-0.2, 0) is 13.8 Å². The lowest BCUT2D eigenvalue weighted by atomic mass is 10.2. The molecule has 2 N–H and O–H groups in total. The number of hydrogen-bond donors (Lipinski definition) is 2. The standard InChI is InChI=1S/C12H26NO6P/c1-5-6-8-13(11(14)19-12(2,3)4)9-7-10-18-20(15,16)17/h5-10H2,1-4H3,(H2,15,16,17). The molecule has 1 amide bonds. The maximum Gasteiger partial charge on any atom is 0.469 e. The van der Waals surface area contributed by atoms with Crippen molar-refractivity contribution >= 4 is 13.9 Å². The Bertz CT molecular complexity index is 335. The van der Waals surface area contributed by atoms with Crippen LogP contribution in [0.4, 0.5) is 4.79 Å². The van der Waals surface area contributed by atoms with Crippen LogP contribution in [0.2, 0.25) is 0 Å². The van der Waals surface area contributed by atoms with Gasteiger partial charge in [0.1, 0.15) is 5.60 Å². The maximum absolute atomic E-state index is 12.0. The van der Waals surface area contributed by atoms with Gasteiger partial charge in [0.05, 0.1) is 6.61 Å². The van der Waals surface area contributed by atoms with Gasteiger partial charge in [0, 0.05) is 13.1 Å². The molecule has 0 heterocycles. The molecule has 0 aliphatic rings. The summed E-state index contributed by atoms with van der Waals surface area (Å²) in [6.07, 6.45) is 1.72. The third-order valence-corrected chi connectivity index (χ3v) is 2.78. The lowest BCUT2D eigenvalue weighted by Crippen LogP contribution is -2.38. The van der Waals surface area contributed by atoms with Gasteiger partial charge in [-0.15, -0.1) is 0 Å². The van der Waals surface area contributed by atoms with E-state index in [0.29, 0.717) is 19.5 Å². The summed E-state index contributed by atoms with van der Waals surface area (Å²) in [4.78, 5) is 30.6. The molecule has 0 radical (unpaired) electrons. The zero-order valence-corrected chi connectivity index (χ0v) is 13.6. The van der Waals surface area contributed by atoms with Crippen LogP contribution in [0.25, 0.3) is 0 Å². The van der Waals surface area contributed by atoms with E-state index in [-0.39, 0.29) is 6.61 Å². The summed E-state index contributed by atoms with van der Waals surface area (Å²) in [5, 5.41) is 0. The van der Waals surface area contributed by atoms with Gasteiger partial charge < -0.3 is 19.4 Å². The lowest BCUT2D eigenvalue weighted by molar-refractivity contribution is 0.0238. The fourth-order valence-electron chi connectivity index (χ4n) is 1.41. The molecular formula is C12H26NO6P. The van der Waals surface area contributed by atoms with Crippen LogP contribution < -0.4 is 0 Å². The molecule has 8 heteroatoms. The molecule has 0 aromatic heterocycles. The second-order valence-electron chi connectivity index (χ2n) is 5.50. The quantitative estimate of drug-likeness (QED) is 0.528. The van der Waals surface area contributed by atoms with E-state index in [2.05, 4.69) is 4.52 Å². The molecule has 0 unspecified atom stereocenters. The first-order valence-corrected chi connectivity index (χ1v) is 8.26. The number of carbonyl (C=O) groups is 1. The van der Waals surface area contributed by atoms with Crippen molar-refractivity contribution < 1.29 is 28.4 Å². The average Bonchev–Trinajstić information content (AvgIpc) is 2.24.